The Bertz CT molecular complexity index is 687. The van der Waals surface area contributed by atoms with Crippen LogP contribution in [-0.2, 0) is 11.3 Å². The minimum Gasteiger partial charge on any atom is -0.357 e. The van der Waals surface area contributed by atoms with Crippen LogP contribution in [0.5, 0.6) is 0 Å². The van der Waals surface area contributed by atoms with Crippen molar-refractivity contribution < 1.29 is 4.79 Å². The van der Waals surface area contributed by atoms with E-state index in [4.69, 9.17) is 4.99 Å². The van der Waals surface area contributed by atoms with Gasteiger partial charge in [0.05, 0.1) is 6.54 Å². The summed E-state index contributed by atoms with van der Waals surface area (Å²) in [7, 11) is 2.19. The molecule has 2 heterocycles. The zero-order valence-corrected chi connectivity index (χ0v) is 20.9. The van der Waals surface area contributed by atoms with Gasteiger partial charge < -0.3 is 20.4 Å². The van der Waals surface area contributed by atoms with Gasteiger partial charge in [0.15, 0.2) is 5.96 Å². The molecule has 1 unspecified atom stereocenters. The lowest BCUT2D eigenvalue weighted by Gasteiger charge is -2.36. The van der Waals surface area contributed by atoms with Crippen LogP contribution < -0.4 is 15.5 Å². The summed E-state index contributed by atoms with van der Waals surface area (Å²) in [4.78, 5) is 23.4. The van der Waals surface area contributed by atoms with Gasteiger partial charge in [-0.2, -0.15) is 0 Å². The summed E-state index contributed by atoms with van der Waals surface area (Å²) in [5.74, 6) is 1.08. The molecule has 1 atom stereocenters. The molecule has 2 aliphatic rings. The molecule has 0 radical (unpaired) electrons. The summed E-state index contributed by atoms with van der Waals surface area (Å²) >= 11 is 0. The van der Waals surface area contributed by atoms with Gasteiger partial charge >= 0.3 is 0 Å². The van der Waals surface area contributed by atoms with Gasteiger partial charge in [-0.05, 0) is 45.0 Å². The average Bonchev–Trinajstić information content (AvgIpc) is 3.16. The summed E-state index contributed by atoms with van der Waals surface area (Å²) in [5, 5.41) is 6.83. The summed E-state index contributed by atoms with van der Waals surface area (Å²) in [6.07, 6.45) is 1.62. The summed E-state index contributed by atoms with van der Waals surface area (Å²) in [5.41, 5.74) is 2.14. The van der Waals surface area contributed by atoms with E-state index in [1.807, 2.05) is 17.0 Å². The van der Waals surface area contributed by atoms with Gasteiger partial charge in [0.25, 0.3) is 0 Å². The third kappa shape index (κ3) is 7.09. The lowest BCUT2D eigenvalue weighted by molar-refractivity contribution is -0.117. The zero-order chi connectivity index (χ0) is 20.6. The highest BCUT2D eigenvalue weighted by atomic mass is 127. The van der Waals surface area contributed by atoms with Crippen LogP contribution in [-0.4, -0.2) is 80.6 Å². The Morgan fingerprint density at radius 1 is 1.10 bits per heavy atom. The van der Waals surface area contributed by atoms with Crippen molar-refractivity contribution in [2.75, 3.05) is 57.8 Å². The predicted molar refractivity (Wildman–Crippen MR) is 135 cm³/mol. The third-order valence-corrected chi connectivity index (χ3v) is 5.81. The largest absolute Gasteiger partial charge is 0.357 e. The molecule has 0 spiro atoms. The molecule has 0 saturated carbocycles. The number of halogens is 1. The van der Waals surface area contributed by atoms with Crippen molar-refractivity contribution >= 4 is 41.5 Å². The Hall–Kier alpha value is -1.39. The molecule has 2 fully saturated rings. The van der Waals surface area contributed by atoms with E-state index in [2.05, 4.69) is 53.5 Å². The molecule has 2 N–H and O–H groups in total. The Morgan fingerprint density at radius 2 is 1.80 bits per heavy atom. The van der Waals surface area contributed by atoms with Crippen molar-refractivity contribution in [1.29, 1.82) is 0 Å². The number of guanidine groups is 1. The summed E-state index contributed by atoms with van der Waals surface area (Å²) in [6.45, 7) is 12.1. The van der Waals surface area contributed by atoms with Crippen LogP contribution in [0.3, 0.4) is 0 Å². The fourth-order valence-corrected chi connectivity index (χ4v) is 3.85. The molecular weight excluding hydrogens is 491 g/mol. The molecule has 0 bridgehead atoms. The third-order valence-electron chi connectivity index (χ3n) is 5.81. The molecule has 1 amide bonds. The minimum absolute atomic E-state index is 0. The van der Waals surface area contributed by atoms with E-state index in [-0.39, 0.29) is 29.9 Å². The first-order valence-corrected chi connectivity index (χ1v) is 10.9. The first-order chi connectivity index (χ1) is 14.1. The van der Waals surface area contributed by atoms with Crippen molar-refractivity contribution in [3.8, 4) is 0 Å². The van der Waals surface area contributed by atoms with Crippen LogP contribution >= 0.6 is 24.0 Å². The van der Waals surface area contributed by atoms with Crippen LogP contribution in [0.2, 0.25) is 0 Å². The number of benzene rings is 1. The Labute approximate surface area is 198 Å². The Kier molecular flexibility index (Phi) is 10.3. The summed E-state index contributed by atoms with van der Waals surface area (Å²) < 4.78 is 0. The van der Waals surface area contributed by atoms with Gasteiger partial charge in [0.2, 0.25) is 5.91 Å². The standard InChI is InChI=1S/C22H36N6O.HI/c1-4-23-22(24-16-18(2)27-14-12-26(3)13-15-27)25-17-19-7-9-20(10-8-19)28-11-5-6-21(28)29;/h7-10,18H,4-6,11-17H2,1-3H3,(H2,23,24,25);1H. The number of nitrogens with one attached hydrogen (secondary N) is 2. The number of amides is 1. The highest BCUT2D eigenvalue weighted by Crippen LogP contribution is 2.21. The van der Waals surface area contributed by atoms with Gasteiger partial charge in [-0.3, -0.25) is 9.69 Å². The van der Waals surface area contributed by atoms with E-state index in [9.17, 15) is 4.79 Å². The molecule has 0 aromatic heterocycles. The van der Waals surface area contributed by atoms with E-state index in [1.165, 1.54) is 0 Å². The lowest BCUT2D eigenvalue weighted by Crippen LogP contribution is -2.52. The number of aliphatic imine (C=N–C) groups is 1. The van der Waals surface area contributed by atoms with Crippen LogP contribution in [0.25, 0.3) is 0 Å². The van der Waals surface area contributed by atoms with Crippen molar-refractivity contribution in [2.24, 2.45) is 4.99 Å². The molecule has 7 nitrogen and oxygen atoms in total. The molecule has 8 heteroatoms. The maximum atomic E-state index is 11.9. The Morgan fingerprint density at radius 3 is 2.40 bits per heavy atom. The van der Waals surface area contributed by atoms with E-state index in [0.717, 1.165) is 69.4 Å². The van der Waals surface area contributed by atoms with Gasteiger partial charge in [0, 0.05) is 64.0 Å². The van der Waals surface area contributed by atoms with Gasteiger partial charge in [-0.15, -0.1) is 24.0 Å². The first-order valence-electron chi connectivity index (χ1n) is 10.9. The van der Waals surface area contributed by atoms with E-state index in [1.54, 1.807) is 0 Å². The number of carbonyl (C=O) groups excluding carboxylic acids is 1. The summed E-state index contributed by atoms with van der Waals surface area (Å²) in [6, 6.07) is 8.68. The molecule has 168 valence electrons. The maximum absolute atomic E-state index is 11.9. The average molecular weight is 528 g/mol. The fourth-order valence-electron chi connectivity index (χ4n) is 3.85. The SMILES string of the molecule is CCNC(=NCc1ccc(N2CCCC2=O)cc1)NCC(C)N1CCN(C)CC1.I. The monoisotopic (exact) mass is 528 g/mol. The van der Waals surface area contributed by atoms with E-state index < -0.39 is 0 Å². The highest BCUT2D eigenvalue weighted by Gasteiger charge is 2.21. The van der Waals surface area contributed by atoms with E-state index in [0.29, 0.717) is 19.0 Å². The number of piperazine rings is 1. The van der Waals surface area contributed by atoms with Crippen molar-refractivity contribution in [3.05, 3.63) is 29.8 Å². The van der Waals surface area contributed by atoms with Crippen LogP contribution in [0.1, 0.15) is 32.3 Å². The minimum atomic E-state index is 0. The smallest absolute Gasteiger partial charge is 0.227 e. The van der Waals surface area contributed by atoms with Gasteiger partial charge in [-0.25, -0.2) is 4.99 Å². The molecule has 30 heavy (non-hydrogen) atoms. The van der Waals surface area contributed by atoms with Crippen molar-refractivity contribution in [3.63, 3.8) is 0 Å². The topological polar surface area (TPSA) is 63.2 Å². The van der Waals surface area contributed by atoms with Gasteiger partial charge in [-0.1, -0.05) is 12.1 Å². The predicted octanol–water partition coefficient (Wildman–Crippen LogP) is 2.12. The maximum Gasteiger partial charge on any atom is 0.227 e. The number of anilines is 1. The number of hydrogen-bond donors (Lipinski definition) is 2. The first kappa shape index (κ1) is 24.9. The second-order valence-corrected chi connectivity index (χ2v) is 8.08. The quantitative estimate of drug-likeness (QED) is 0.323. The molecule has 1 aromatic carbocycles. The second-order valence-electron chi connectivity index (χ2n) is 8.08. The molecule has 2 aliphatic heterocycles. The Balaban J connectivity index is 0.00000320. The molecule has 1 aromatic rings. The van der Waals surface area contributed by atoms with E-state index >= 15 is 0 Å². The number of hydrogen-bond acceptors (Lipinski definition) is 4. The van der Waals surface area contributed by atoms with Crippen molar-refractivity contribution in [2.45, 2.75) is 39.3 Å². The highest BCUT2D eigenvalue weighted by molar-refractivity contribution is 14.0. The van der Waals surface area contributed by atoms with Crippen LogP contribution in [0, 0.1) is 0 Å². The number of nitrogens with zero attached hydrogens (tertiary/aromatic N) is 4. The van der Waals surface area contributed by atoms with Crippen molar-refractivity contribution in [1.82, 2.24) is 20.4 Å². The number of likely N-dealkylation sites (N-methyl/N-ethyl adjacent to an activating group) is 1. The number of rotatable bonds is 7. The number of carbonyl (C=O) groups is 1. The van der Waals surface area contributed by atoms with Crippen LogP contribution in [0.15, 0.2) is 29.3 Å². The van der Waals surface area contributed by atoms with Crippen LogP contribution in [0.4, 0.5) is 5.69 Å². The molecule has 0 aliphatic carbocycles. The molecule has 2 saturated heterocycles. The molecular formula is C22H37IN6O. The fraction of sp³-hybridized carbons (Fsp3) is 0.636. The molecule has 3 rings (SSSR count). The normalized spacial score (nSPS) is 19.5. The van der Waals surface area contributed by atoms with Gasteiger partial charge in [0.1, 0.15) is 0 Å². The zero-order valence-electron chi connectivity index (χ0n) is 18.6. The second kappa shape index (κ2) is 12.5. The lowest BCUT2D eigenvalue weighted by atomic mass is 10.2.